The topological polar surface area (TPSA) is 41.5 Å². The molecule has 0 saturated heterocycles. The van der Waals surface area contributed by atoms with Crippen LogP contribution in [0, 0.1) is 0 Å². The number of benzene rings is 2. The highest BCUT2D eigenvalue weighted by atomic mass is 16.5. The van der Waals surface area contributed by atoms with Gasteiger partial charge in [0.1, 0.15) is 11.5 Å². The summed E-state index contributed by atoms with van der Waals surface area (Å²) in [6, 6.07) is 13.7. The first-order valence-electron chi connectivity index (χ1n) is 7.24. The lowest BCUT2D eigenvalue weighted by Gasteiger charge is -2.18. The minimum atomic E-state index is -0.00926. The number of nitrogens with one attached hydrogen (secondary N) is 1. The Balaban J connectivity index is 2.15. The van der Waals surface area contributed by atoms with Crippen molar-refractivity contribution >= 4 is 5.69 Å². The van der Waals surface area contributed by atoms with Crippen LogP contribution < -0.4 is 10.1 Å². The molecule has 0 amide bonds. The molecule has 2 aromatic rings. The highest BCUT2D eigenvalue weighted by Gasteiger charge is 2.11. The molecule has 0 radical (unpaired) electrons. The molecule has 0 fully saturated rings. The van der Waals surface area contributed by atoms with Crippen LogP contribution in [0.1, 0.15) is 43.9 Å². The van der Waals surface area contributed by atoms with Gasteiger partial charge in [-0.15, -0.1) is 0 Å². The second-order valence-electron chi connectivity index (χ2n) is 5.57. The van der Waals surface area contributed by atoms with Gasteiger partial charge in [-0.2, -0.15) is 0 Å². The molecule has 0 bridgehead atoms. The highest BCUT2D eigenvalue weighted by Crippen LogP contribution is 2.30. The van der Waals surface area contributed by atoms with E-state index in [4.69, 9.17) is 4.74 Å². The maximum absolute atomic E-state index is 10.0. The summed E-state index contributed by atoms with van der Waals surface area (Å²) in [5.74, 6) is 1.54. The molecule has 2 N–H and O–H groups in total. The first-order chi connectivity index (χ1) is 10.0. The summed E-state index contributed by atoms with van der Waals surface area (Å²) in [4.78, 5) is 0. The summed E-state index contributed by atoms with van der Waals surface area (Å²) in [5.41, 5.74) is 3.17. The van der Waals surface area contributed by atoms with Gasteiger partial charge < -0.3 is 15.2 Å². The largest absolute Gasteiger partial charge is 0.508 e. The van der Waals surface area contributed by atoms with Gasteiger partial charge in [-0.3, -0.25) is 0 Å². The lowest BCUT2D eigenvalue weighted by atomic mass is 10.0. The number of aromatic hydroxyl groups is 1. The lowest BCUT2D eigenvalue weighted by Crippen LogP contribution is -2.07. The normalized spacial score (nSPS) is 12.2. The summed E-state index contributed by atoms with van der Waals surface area (Å²) >= 11 is 0. The Bertz CT molecular complexity index is 591. The summed E-state index contributed by atoms with van der Waals surface area (Å²) in [5, 5.41) is 13.4. The van der Waals surface area contributed by atoms with E-state index in [-0.39, 0.29) is 11.8 Å². The molecule has 112 valence electrons. The van der Waals surface area contributed by atoms with Crippen molar-refractivity contribution < 1.29 is 9.84 Å². The number of phenols is 1. The van der Waals surface area contributed by atoms with Gasteiger partial charge in [-0.25, -0.2) is 0 Å². The Morgan fingerprint density at radius 1 is 1.00 bits per heavy atom. The Morgan fingerprint density at radius 2 is 1.67 bits per heavy atom. The van der Waals surface area contributed by atoms with Crippen LogP contribution in [-0.4, -0.2) is 12.2 Å². The third-order valence-electron chi connectivity index (χ3n) is 3.66. The van der Waals surface area contributed by atoms with Gasteiger partial charge in [0.2, 0.25) is 0 Å². The molecule has 21 heavy (non-hydrogen) atoms. The van der Waals surface area contributed by atoms with Gasteiger partial charge >= 0.3 is 0 Å². The number of methoxy groups -OCH3 is 1. The average Bonchev–Trinajstić information content (AvgIpc) is 2.48. The van der Waals surface area contributed by atoms with Crippen molar-refractivity contribution in [1.29, 1.82) is 0 Å². The lowest BCUT2D eigenvalue weighted by molar-refractivity contribution is 0.410. The minimum absolute atomic E-state index is 0.00926. The SMILES string of the molecule is COc1ccc(O)c(C(C)Nc2ccc(C(C)C)cc2)c1. The van der Waals surface area contributed by atoms with Crippen LogP contribution in [0.3, 0.4) is 0 Å². The van der Waals surface area contributed by atoms with Gasteiger partial charge in [0, 0.05) is 11.3 Å². The molecule has 0 spiro atoms. The predicted molar refractivity (Wildman–Crippen MR) is 87.2 cm³/mol. The van der Waals surface area contributed by atoms with E-state index in [2.05, 4.69) is 43.4 Å². The third-order valence-corrected chi connectivity index (χ3v) is 3.66. The van der Waals surface area contributed by atoms with E-state index in [1.54, 1.807) is 19.2 Å². The van der Waals surface area contributed by atoms with Gasteiger partial charge in [0.05, 0.1) is 13.2 Å². The summed E-state index contributed by atoms with van der Waals surface area (Å²) in [6.07, 6.45) is 0. The van der Waals surface area contributed by atoms with E-state index >= 15 is 0 Å². The molecule has 0 heterocycles. The van der Waals surface area contributed by atoms with Gasteiger partial charge in [-0.1, -0.05) is 26.0 Å². The Morgan fingerprint density at radius 3 is 2.24 bits per heavy atom. The fourth-order valence-electron chi connectivity index (χ4n) is 2.30. The summed E-state index contributed by atoms with van der Waals surface area (Å²) in [7, 11) is 1.62. The molecule has 2 rings (SSSR count). The van der Waals surface area contributed by atoms with Crippen molar-refractivity contribution in [2.24, 2.45) is 0 Å². The van der Waals surface area contributed by atoms with Crippen LogP contribution >= 0.6 is 0 Å². The molecule has 0 aromatic heterocycles. The zero-order valence-electron chi connectivity index (χ0n) is 13.1. The van der Waals surface area contributed by atoms with Crippen molar-refractivity contribution in [3.8, 4) is 11.5 Å². The van der Waals surface area contributed by atoms with Crippen molar-refractivity contribution in [3.63, 3.8) is 0 Å². The zero-order valence-corrected chi connectivity index (χ0v) is 13.1. The van der Waals surface area contributed by atoms with Crippen LogP contribution in [0.25, 0.3) is 0 Å². The van der Waals surface area contributed by atoms with Gasteiger partial charge in [-0.05, 0) is 48.7 Å². The Hall–Kier alpha value is -2.16. The molecular weight excluding hydrogens is 262 g/mol. The van der Waals surface area contributed by atoms with E-state index < -0.39 is 0 Å². The number of hydrogen-bond donors (Lipinski definition) is 2. The van der Waals surface area contributed by atoms with E-state index in [0.717, 1.165) is 17.0 Å². The van der Waals surface area contributed by atoms with E-state index in [1.807, 2.05) is 13.0 Å². The number of anilines is 1. The van der Waals surface area contributed by atoms with Crippen molar-refractivity contribution in [2.75, 3.05) is 12.4 Å². The van der Waals surface area contributed by atoms with E-state index in [9.17, 15) is 5.11 Å². The Labute approximate surface area is 126 Å². The summed E-state index contributed by atoms with van der Waals surface area (Å²) < 4.78 is 5.21. The zero-order chi connectivity index (χ0) is 15.4. The maximum Gasteiger partial charge on any atom is 0.121 e. The third kappa shape index (κ3) is 3.69. The quantitative estimate of drug-likeness (QED) is 0.837. The van der Waals surface area contributed by atoms with Crippen LogP contribution in [0.15, 0.2) is 42.5 Å². The van der Waals surface area contributed by atoms with Crippen LogP contribution in [0.5, 0.6) is 11.5 Å². The standard InChI is InChI=1S/C18H23NO2/c1-12(2)14-5-7-15(8-6-14)19-13(3)17-11-16(21-4)9-10-18(17)20/h5-13,19-20H,1-4H3. The first-order valence-corrected chi connectivity index (χ1v) is 7.24. The summed E-state index contributed by atoms with van der Waals surface area (Å²) in [6.45, 7) is 6.38. The molecule has 0 aliphatic carbocycles. The number of hydrogen-bond acceptors (Lipinski definition) is 3. The van der Waals surface area contributed by atoms with Gasteiger partial charge in [0.15, 0.2) is 0 Å². The number of phenolic OH excluding ortho intramolecular Hbond substituents is 1. The molecule has 3 nitrogen and oxygen atoms in total. The number of rotatable bonds is 5. The van der Waals surface area contributed by atoms with E-state index in [0.29, 0.717) is 5.92 Å². The van der Waals surface area contributed by atoms with Crippen molar-refractivity contribution in [3.05, 3.63) is 53.6 Å². The second kappa shape index (κ2) is 6.53. The first kappa shape index (κ1) is 15.2. The molecule has 1 unspecified atom stereocenters. The van der Waals surface area contributed by atoms with Gasteiger partial charge in [0.25, 0.3) is 0 Å². The molecule has 0 aliphatic rings. The van der Waals surface area contributed by atoms with Crippen molar-refractivity contribution in [1.82, 2.24) is 0 Å². The predicted octanol–water partition coefficient (Wildman–Crippen LogP) is 4.70. The maximum atomic E-state index is 10.0. The molecule has 0 saturated carbocycles. The molecule has 0 aliphatic heterocycles. The fraction of sp³-hybridized carbons (Fsp3) is 0.333. The molecule has 2 aromatic carbocycles. The highest BCUT2D eigenvalue weighted by molar-refractivity contribution is 5.50. The van der Waals surface area contributed by atoms with Crippen LogP contribution in [0.4, 0.5) is 5.69 Å². The van der Waals surface area contributed by atoms with Crippen LogP contribution in [0.2, 0.25) is 0 Å². The second-order valence-corrected chi connectivity index (χ2v) is 5.57. The molecular formula is C18H23NO2. The molecule has 3 heteroatoms. The van der Waals surface area contributed by atoms with E-state index in [1.165, 1.54) is 5.56 Å². The minimum Gasteiger partial charge on any atom is -0.508 e. The average molecular weight is 285 g/mol. The van der Waals surface area contributed by atoms with Crippen molar-refractivity contribution in [2.45, 2.75) is 32.7 Å². The Kier molecular flexibility index (Phi) is 4.73. The fourth-order valence-corrected chi connectivity index (χ4v) is 2.30. The smallest absolute Gasteiger partial charge is 0.121 e. The van der Waals surface area contributed by atoms with Crippen LogP contribution in [-0.2, 0) is 0 Å². The number of ether oxygens (including phenoxy) is 1. The monoisotopic (exact) mass is 285 g/mol. The molecule has 1 atom stereocenters.